The van der Waals surface area contributed by atoms with Gasteiger partial charge in [0.1, 0.15) is 6.17 Å². The summed E-state index contributed by atoms with van der Waals surface area (Å²) < 4.78 is 20.2. The van der Waals surface area contributed by atoms with Crippen LogP contribution in [0, 0.1) is 0 Å². The Morgan fingerprint density at radius 2 is 2.08 bits per heavy atom. The van der Waals surface area contributed by atoms with E-state index < -0.39 is 18.3 Å². The van der Waals surface area contributed by atoms with Crippen LogP contribution in [0.1, 0.15) is 0 Å². The van der Waals surface area contributed by atoms with E-state index >= 15 is 0 Å². The van der Waals surface area contributed by atoms with Gasteiger partial charge in [-0.25, -0.2) is 14.2 Å². The number of alkyl halides is 1. The van der Waals surface area contributed by atoms with Gasteiger partial charge in [-0.1, -0.05) is 0 Å². The van der Waals surface area contributed by atoms with Gasteiger partial charge in [-0.05, 0) is 12.1 Å². The van der Waals surface area contributed by atoms with Crippen molar-refractivity contribution in [3.05, 3.63) is 40.9 Å². The van der Waals surface area contributed by atoms with Crippen molar-refractivity contribution in [1.82, 2.24) is 19.4 Å². The number of amides is 1. The van der Waals surface area contributed by atoms with Crippen molar-refractivity contribution in [2.24, 2.45) is 7.05 Å². The molecular weight excluding hydrogens is 329 g/mol. The maximum Gasteiger partial charge on any atom is 0.409 e. The number of rotatable bonds is 3. The Labute approximate surface area is 143 Å². The van der Waals surface area contributed by atoms with Crippen LogP contribution >= 0.6 is 0 Å². The number of nitrogens with zero attached hydrogens (tertiary/aromatic N) is 4. The van der Waals surface area contributed by atoms with Gasteiger partial charge < -0.3 is 15.0 Å². The van der Waals surface area contributed by atoms with E-state index in [1.165, 1.54) is 22.6 Å². The highest BCUT2D eigenvalue weighted by Crippen LogP contribution is 2.20. The van der Waals surface area contributed by atoms with E-state index in [1.54, 1.807) is 31.6 Å². The number of carbonyl (C=O) groups is 1. The molecule has 3 heterocycles. The molecule has 0 spiro atoms. The van der Waals surface area contributed by atoms with Crippen molar-refractivity contribution in [2.75, 3.05) is 25.5 Å². The van der Waals surface area contributed by atoms with Crippen LogP contribution in [0.25, 0.3) is 11.3 Å². The Bertz CT molecular complexity index is 826. The lowest BCUT2D eigenvalue weighted by Gasteiger charge is -2.18. The van der Waals surface area contributed by atoms with Crippen LogP contribution in [0.5, 0.6) is 0 Å². The number of methoxy groups -OCH3 is 1. The topological polar surface area (TPSA) is 89.3 Å². The number of carbonyl (C=O) groups excluding carboxylic acids is 1. The molecule has 25 heavy (non-hydrogen) atoms. The zero-order valence-electron chi connectivity index (χ0n) is 13.8. The molecule has 0 aromatic carbocycles. The third-order valence-electron chi connectivity index (χ3n) is 4.11. The van der Waals surface area contributed by atoms with Crippen LogP contribution in [-0.4, -0.2) is 57.9 Å². The first-order valence-electron chi connectivity index (χ1n) is 7.71. The second-order valence-electron chi connectivity index (χ2n) is 5.74. The summed E-state index contributed by atoms with van der Waals surface area (Å²) in [4.78, 5) is 33.4. The molecule has 2 atom stereocenters. The number of likely N-dealkylation sites (tertiary alicyclic amines) is 1. The van der Waals surface area contributed by atoms with Gasteiger partial charge in [-0.2, -0.15) is 0 Å². The quantitative estimate of drug-likeness (QED) is 0.892. The number of anilines is 1. The standard InChI is InChI=1S/C16H18FN5O3/c1-21-14(23)7-12(10-3-5-18-6-4-10)19-15(21)20-13-9-22(8-11(13)17)16(24)25-2/h3-7,11,13H,8-9H2,1-2H3,(H,19,20)/t11-,13-/m0/s1. The number of halogens is 1. The molecule has 9 heteroatoms. The highest BCUT2D eigenvalue weighted by atomic mass is 19.1. The minimum atomic E-state index is -1.29. The fraction of sp³-hybridized carbons (Fsp3) is 0.375. The summed E-state index contributed by atoms with van der Waals surface area (Å²) >= 11 is 0. The van der Waals surface area contributed by atoms with Gasteiger partial charge >= 0.3 is 6.09 Å². The first-order valence-corrected chi connectivity index (χ1v) is 7.71. The van der Waals surface area contributed by atoms with E-state index in [4.69, 9.17) is 0 Å². The molecule has 0 radical (unpaired) electrons. The van der Waals surface area contributed by atoms with E-state index in [0.717, 1.165) is 5.56 Å². The summed E-state index contributed by atoms with van der Waals surface area (Å²) in [5, 5.41) is 2.93. The van der Waals surface area contributed by atoms with E-state index in [1.807, 2.05) is 0 Å². The molecule has 1 aliphatic heterocycles. The van der Waals surface area contributed by atoms with Crippen molar-refractivity contribution >= 4 is 12.0 Å². The molecule has 0 unspecified atom stereocenters. The largest absolute Gasteiger partial charge is 0.453 e. The van der Waals surface area contributed by atoms with Crippen molar-refractivity contribution in [3.63, 3.8) is 0 Å². The summed E-state index contributed by atoms with van der Waals surface area (Å²) in [6.07, 6.45) is 1.33. The Hall–Kier alpha value is -2.97. The minimum Gasteiger partial charge on any atom is -0.453 e. The minimum absolute atomic E-state index is 0.0671. The zero-order chi connectivity index (χ0) is 18.0. The average Bonchev–Trinajstić information content (AvgIpc) is 2.99. The molecule has 1 amide bonds. The van der Waals surface area contributed by atoms with Crippen LogP contribution < -0.4 is 10.9 Å². The molecule has 1 fully saturated rings. The monoisotopic (exact) mass is 347 g/mol. The van der Waals surface area contributed by atoms with Crippen LogP contribution in [0.15, 0.2) is 35.4 Å². The van der Waals surface area contributed by atoms with Gasteiger partial charge in [-0.3, -0.25) is 14.3 Å². The third kappa shape index (κ3) is 3.44. The molecule has 3 rings (SSSR count). The second kappa shape index (κ2) is 6.88. The number of aromatic nitrogens is 3. The zero-order valence-corrected chi connectivity index (χ0v) is 13.8. The van der Waals surface area contributed by atoms with Crippen LogP contribution in [0.3, 0.4) is 0 Å². The molecule has 1 saturated heterocycles. The summed E-state index contributed by atoms with van der Waals surface area (Å²) in [5.41, 5.74) is 0.920. The molecule has 132 valence electrons. The molecule has 1 aliphatic rings. The summed E-state index contributed by atoms with van der Waals surface area (Å²) in [6, 6.07) is 4.20. The third-order valence-corrected chi connectivity index (χ3v) is 4.11. The molecule has 2 aromatic heterocycles. The van der Waals surface area contributed by atoms with Crippen molar-refractivity contribution in [3.8, 4) is 11.3 Å². The van der Waals surface area contributed by atoms with Gasteiger partial charge in [0.2, 0.25) is 5.95 Å². The van der Waals surface area contributed by atoms with Gasteiger partial charge in [0.15, 0.2) is 0 Å². The Kier molecular flexibility index (Phi) is 4.64. The van der Waals surface area contributed by atoms with E-state index in [2.05, 4.69) is 20.0 Å². The molecule has 1 N–H and O–H groups in total. The van der Waals surface area contributed by atoms with Crippen molar-refractivity contribution in [2.45, 2.75) is 12.2 Å². The lowest BCUT2D eigenvalue weighted by atomic mass is 10.2. The highest BCUT2D eigenvalue weighted by molar-refractivity contribution is 5.68. The number of hydrogen-bond acceptors (Lipinski definition) is 6. The number of pyridine rings is 1. The van der Waals surface area contributed by atoms with E-state index in [9.17, 15) is 14.0 Å². The van der Waals surface area contributed by atoms with E-state index in [0.29, 0.717) is 5.69 Å². The van der Waals surface area contributed by atoms with Crippen LogP contribution in [0.4, 0.5) is 15.1 Å². The second-order valence-corrected chi connectivity index (χ2v) is 5.74. The summed E-state index contributed by atoms with van der Waals surface area (Å²) in [7, 11) is 2.80. The molecular formula is C16H18FN5O3. The molecule has 2 aromatic rings. The summed E-state index contributed by atoms with van der Waals surface area (Å²) in [5.74, 6) is 0.235. The summed E-state index contributed by atoms with van der Waals surface area (Å²) in [6.45, 7) is 0.0610. The number of ether oxygens (including phenoxy) is 1. The van der Waals surface area contributed by atoms with Gasteiger partial charge in [0.25, 0.3) is 5.56 Å². The molecule has 0 saturated carbocycles. The smallest absolute Gasteiger partial charge is 0.409 e. The normalized spacial score (nSPS) is 19.7. The van der Waals surface area contributed by atoms with Gasteiger partial charge in [0, 0.05) is 37.6 Å². The SMILES string of the molecule is COC(=O)N1C[C@H](Nc2nc(-c3ccncc3)cc(=O)n2C)[C@@H](F)C1. The van der Waals surface area contributed by atoms with Gasteiger partial charge in [0.05, 0.1) is 25.4 Å². The predicted octanol–water partition coefficient (Wildman–Crippen LogP) is 1.04. The maximum atomic E-state index is 14.2. The van der Waals surface area contributed by atoms with Gasteiger partial charge in [-0.15, -0.1) is 0 Å². The molecule has 0 bridgehead atoms. The predicted molar refractivity (Wildman–Crippen MR) is 89.0 cm³/mol. The Morgan fingerprint density at radius 3 is 2.76 bits per heavy atom. The lowest BCUT2D eigenvalue weighted by molar-refractivity contribution is 0.130. The maximum absolute atomic E-state index is 14.2. The molecule has 0 aliphatic carbocycles. The average molecular weight is 347 g/mol. The first-order chi connectivity index (χ1) is 12.0. The number of nitrogens with one attached hydrogen (secondary N) is 1. The Balaban J connectivity index is 1.86. The van der Waals surface area contributed by atoms with Crippen molar-refractivity contribution < 1.29 is 13.9 Å². The highest BCUT2D eigenvalue weighted by Gasteiger charge is 2.36. The van der Waals surface area contributed by atoms with Crippen molar-refractivity contribution in [1.29, 1.82) is 0 Å². The molecule has 8 nitrogen and oxygen atoms in total. The lowest BCUT2D eigenvalue weighted by Crippen LogP contribution is -2.34. The number of hydrogen-bond donors (Lipinski definition) is 1. The fourth-order valence-electron chi connectivity index (χ4n) is 2.68. The fourth-order valence-corrected chi connectivity index (χ4v) is 2.68. The van der Waals surface area contributed by atoms with Crippen LogP contribution in [-0.2, 0) is 11.8 Å². The van der Waals surface area contributed by atoms with Crippen LogP contribution in [0.2, 0.25) is 0 Å². The first kappa shape index (κ1) is 16.9. The van der Waals surface area contributed by atoms with E-state index in [-0.39, 0.29) is 24.6 Å². The Morgan fingerprint density at radius 1 is 1.36 bits per heavy atom.